The van der Waals surface area contributed by atoms with Crippen LogP contribution < -0.4 is 20.7 Å². The van der Waals surface area contributed by atoms with Gasteiger partial charge in [-0.1, -0.05) is 48.5 Å². The van der Waals surface area contributed by atoms with Gasteiger partial charge < -0.3 is 20.7 Å². The maximum absolute atomic E-state index is 13.4. The Bertz CT molecular complexity index is 1580. The molecule has 3 amide bonds. The van der Waals surface area contributed by atoms with Crippen molar-refractivity contribution in [3.05, 3.63) is 124 Å². The van der Waals surface area contributed by atoms with E-state index in [1.165, 1.54) is 11.8 Å². The van der Waals surface area contributed by atoms with Gasteiger partial charge in [0.1, 0.15) is 11.4 Å². The van der Waals surface area contributed by atoms with Gasteiger partial charge in [0.25, 0.3) is 11.8 Å². The van der Waals surface area contributed by atoms with E-state index < -0.39 is 17.1 Å². The number of halogens is 1. The first-order valence-corrected chi connectivity index (χ1v) is 14.4. The number of hydrogen-bond acceptors (Lipinski definition) is 5. The summed E-state index contributed by atoms with van der Waals surface area (Å²) in [5, 5.41) is 8.12. The van der Waals surface area contributed by atoms with Crippen molar-refractivity contribution in [2.45, 2.75) is 17.1 Å². The Kier molecular flexibility index (Phi) is 10.4. The second-order valence-corrected chi connectivity index (χ2v) is 11.1. The van der Waals surface area contributed by atoms with Crippen molar-refractivity contribution in [2.75, 3.05) is 17.7 Å². The van der Waals surface area contributed by atoms with E-state index in [1.807, 2.05) is 49.4 Å². The van der Waals surface area contributed by atoms with Gasteiger partial charge in [0.15, 0.2) is 0 Å². The summed E-state index contributed by atoms with van der Waals surface area (Å²) in [4.78, 5) is 39.9. The number of para-hydroxylation sites is 1. The molecule has 0 radical (unpaired) electrons. The molecule has 0 heterocycles. The van der Waals surface area contributed by atoms with Crippen LogP contribution in [0.15, 0.2) is 118 Å². The summed E-state index contributed by atoms with van der Waals surface area (Å²) in [7, 11) is 1.56. The molecule has 41 heavy (non-hydrogen) atoms. The average Bonchev–Trinajstić information content (AvgIpc) is 2.98. The second-order valence-electron chi connectivity index (χ2n) is 8.87. The van der Waals surface area contributed by atoms with Gasteiger partial charge in [0, 0.05) is 20.6 Å². The highest BCUT2D eigenvalue weighted by Crippen LogP contribution is 2.28. The van der Waals surface area contributed by atoms with Gasteiger partial charge in [-0.3, -0.25) is 14.4 Å². The van der Waals surface area contributed by atoms with E-state index in [4.69, 9.17) is 4.74 Å². The molecule has 9 heteroatoms. The van der Waals surface area contributed by atoms with E-state index in [1.54, 1.807) is 73.8 Å². The maximum atomic E-state index is 13.4. The van der Waals surface area contributed by atoms with Crippen molar-refractivity contribution in [3.63, 3.8) is 0 Å². The third-order valence-corrected chi connectivity index (χ3v) is 7.62. The maximum Gasteiger partial charge on any atom is 0.272 e. The molecule has 4 rings (SSSR count). The standard InChI is InChI=1S/C32H28BrN3O4S/c1-21(30(37)35-28-17-7-6-16-27(28)33)41-26-15-9-13-24(20-26)34-32(39)29(19-22-10-8-14-25(18-22)40-2)36-31(38)23-11-4-3-5-12-23/h3-21H,1-2H3,(H,34,39)(H,35,37)(H,36,38)/b29-19-. The highest BCUT2D eigenvalue weighted by molar-refractivity contribution is 9.10. The lowest BCUT2D eigenvalue weighted by Gasteiger charge is -2.14. The SMILES string of the molecule is COc1cccc(/C=C(\NC(=O)c2ccccc2)C(=O)Nc2cccc(SC(C)C(=O)Nc3ccccc3Br)c2)c1. The fraction of sp³-hybridized carbons (Fsp3) is 0.0938. The first-order chi connectivity index (χ1) is 19.8. The number of amides is 3. The van der Waals surface area contributed by atoms with Gasteiger partial charge in [0.05, 0.1) is 18.0 Å². The molecule has 0 aliphatic heterocycles. The van der Waals surface area contributed by atoms with E-state index in [-0.39, 0.29) is 11.6 Å². The minimum absolute atomic E-state index is 0.0614. The number of nitrogens with one attached hydrogen (secondary N) is 3. The Balaban J connectivity index is 1.50. The molecule has 0 aromatic heterocycles. The zero-order valence-electron chi connectivity index (χ0n) is 22.4. The lowest BCUT2D eigenvalue weighted by Crippen LogP contribution is -2.30. The van der Waals surface area contributed by atoms with Crippen LogP contribution in [0.1, 0.15) is 22.8 Å². The van der Waals surface area contributed by atoms with Crippen molar-refractivity contribution in [1.82, 2.24) is 5.32 Å². The molecule has 0 spiro atoms. The molecule has 0 aliphatic rings. The zero-order chi connectivity index (χ0) is 29.2. The van der Waals surface area contributed by atoms with Crippen LogP contribution in [0.25, 0.3) is 6.08 Å². The van der Waals surface area contributed by atoms with Crippen LogP contribution in [0.5, 0.6) is 5.75 Å². The third-order valence-electron chi connectivity index (χ3n) is 5.84. The van der Waals surface area contributed by atoms with E-state index in [2.05, 4.69) is 31.9 Å². The predicted molar refractivity (Wildman–Crippen MR) is 168 cm³/mol. The molecule has 0 fully saturated rings. The number of hydrogen-bond donors (Lipinski definition) is 3. The van der Waals surface area contributed by atoms with Crippen LogP contribution in [0.3, 0.4) is 0 Å². The smallest absolute Gasteiger partial charge is 0.272 e. The Morgan fingerprint density at radius 3 is 2.34 bits per heavy atom. The zero-order valence-corrected chi connectivity index (χ0v) is 24.8. The quantitative estimate of drug-likeness (QED) is 0.130. The molecule has 0 saturated heterocycles. The van der Waals surface area contributed by atoms with E-state index >= 15 is 0 Å². The number of thioether (sulfide) groups is 1. The summed E-state index contributed by atoms with van der Waals surface area (Å²) in [5.74, 6) is -0.443. The van der Waals surface area contributed by atoms with Gasteiger partial charge in [-0.2, -0.15) is 0 Å². The van der Waals surface area contributed by atoms with Crippen molar-refractivity contribution in [2.24, 2.45) is 0 Å². The Morgan fingerprint density at radius 1 is 0.854 bits per heavy atom. The van der Waals surface area contributed by atoms with Gasteiger partial charge in [-0.15, -0.1) is 11.8 Å². The summed E-state index contributed by atoms with van der Waals surface area (Å²) in [6.07, 6.45) is 1.59. The first-order valence-electron chi connectivity index (χ1n) is 12.7. The molecule has 3 N–H and O–H groups in total. The van der Waals surface area contributed by atoms with Crippen LogP contribution in [0.4, 0.5) is 11.4 Å². The third kappa shape index (κ3) is 8.57. The molecule has 0 saturated carbocycles. The van der Waals surface area contributed by atoms with Gasteiger partial charge in [-0.25, -0.2) is 0 Å². The Hall–Kier alpha value is -4.34. The van der Waals surface area contributed by atoms with Crippen LogP contribution in [0, 0.1) is 0 Å². The summed E-state index contributed by atoms with van der Waals surface area (Å²) in [6.45, 7) is 1.82. The number of methoxy groups -OCH3 is 1. The number of ether oxygens (including phenoxy) is 1. The summed E-state index contributed by atoms with van der Waals surface area (Å²) in [5.41, 5.74) is 2.37. The van der Waals surface area contributed by atoms with Gasteiger partial charge in [-0.05, 0) is 89.1 Å². The molecule has 0 bridgehead atoms. The Labute approximate surface area is 251 Å². The lowest BCUT2D eigenvalue weighted by atomic mass is 10.1. The molecule has 4 aromatic rings. The topological polar surface area (TPSA) is 96.5 Å². The monoisotopic (exact) mass is 629 g/mol. The molecule has 7 nitrogen and oxygen atoms in total. The summed E-state index contributed by atoms with van der Waals surface area (Å²) >= 11 is 4.81. The van der Waals surface area contributed by atoms with Crippen LogP contribution in [-0.4, -0.2) is 30.1 Å². The predicted octanol–water partition coefficient (Wildman–Crippen LogP) is 6.99. The second kappa shape index (κ2) is 14.3. The average molecular weight is 631 g/mol. The number of carbonyl (C=O) groups is 3. The van der Waals surface area contributed by atoms with Crippen LogP contribution in [-0.2, 0) is 9.59 Å². The van der Waals surface area contributed by atoms with Gasteiger partial charge in [0.2, 0.25) is 5.91 Å². The molecule has 0 aliphatic carbocycles. The molecule has 1 atom stereocenters. The minimum Gasteiger partial charge on any atom is -0.497 e. The van der Waals surface area contributed by atoms with E-state index in [0.29, 0.717) is 28.3 Å². The van der Waals surface area contributed by atoms with E-state index in [0.717, 1.165) is 9.37 Å². The summed E-state index contributed by atoms with van der Waals surface area (Å²) < 4.78 is 6.09. The molecular formula is C32H28BrN3O4S. The van der Waals surface area contributed by atoms with E-state index in [9.17, 15) is 14.4 Å². The number of rotatable bonds is 10. The number of benzene rings is 4. The van der Waals surface area contributed by atoms with Gasteiger partial charge >= 0.3 is 0 Å². The van der Waals surface area contributed by atoms with Crippen LogP contribution in [0.2, 0.25) is 0 Å². The van der Waals surface area contributed by atoms with Crippen molar-refractivity contribution < 1.29 is 19.1 Å². The minimum atomic E-state index is -0.501. The molecule has 4 aromatic carbocycles. The fourth-order valence-corrected chi connectivity index (χ4v) is 5.05. The largest absolute Gasteiger partial charge is 0.497 e. The van der Waals surface area contributed by atoms with Crippen molar-refractivity contribution in [1.29, 1.82) is 0 Å². The fourth-order valence-electron chi connectivity index (χ4n) is 3.74. The molecule has 1 unspecified atom stereocenters. The summed E-state index contributed by atoms with van der Waals surface area (Å²) in [6, 6.07) is 30.4. The Morgan fingerprint density at radius 2 is 1.59 bits per heavy atom. The van der Waals surface area contributed by atoms with Crippen molar-refractivity contribution in [3.8, 4) is 5.75 Å². The van der Waals surface area contributed by atoms with Crippen LogP contribution >= 0.6 is 27.7 Å². The highest BCUT2D eigenvalue weighted by atomic mass is 79.9. The molecule has 208 valence electrons. The van der Waals surface area contributed by atoms with Crippen molar-refractivity contribution >= 4 is 62.9 Å². The highest BCUT2D eigenvalue weighted by Gasteiger charge is 2.18. The number of carbonyl (C=O) groups excluding carboxylic acids is 3. The normalized spacial score (nSPS) is 11.7. The number of anilines is 2. The molecular weight excluding hydrogens is 602 g/mol. The lowest BCUT2D eigenvalue weighted by molar-refractivity contribution is -0.115. The first kappa shape index (κ1) is 29.6.